The minimum absolute atomic E-state index is 0.697. The third-order valence-electron chi connectivity index (χ3n) is 10.2. The molecule has 0 amide bonds. The molecule has 0 radical (unpaired) electrons. The molecule has 4 nitrogen and oxygen atoms in total. The van der Waals surface area contributed by atoms with Gasteiger partial charge in [-0.05, 0) is 52.9 Å². The van der Waals surface area contributed by atoms with E-state index in [1.807, 2.05) is 18.2 Å². The van der Waals surface area contributed by atoms with Crippen LogP contribution in [0, 0.1) is 0 Å². The SMILES string of the molecule is CCc1c(-c2ccccc2)nc(-c2ccc(-c3ccccc3)cc2)nc1-n1c2ccccc2c2ccc(-c3cccc4oc5ccccc5c34)cc21. The number of rotatable bonds is 6. The highest BCUT2D eigenvalue weighted by Gasteiger charge is 2.22. The fourth-order valence-corrected chi connectivity index (χ4v) is 7.77. The number of hydrogen-bond donors (Lipinski definition) is 0. The molecule has 0 saturated carbocycles. The summed E-state index contributed by atoms with van der Waals surface area (Å²) in [7, 11) is 0. The summed E-state index contributed by atoms with van der Waals surface area (Å²) in [6, 6.07) is 59.7. The van der Waals surface area contributed by atoms with Crippen LogP contribution >= 0.6 is 0 Å². The van der Waals surface area contributed by atoms with Crippen LogP contribution in [-0.4, -0.2) is 14.5 Å². The van der Waals surface area contributed by atoms with Crippen molar-refractivity contribution in [2.45, 2.75) is 13.3 Å². The van der Waals surface area contributed by atoms with E-state index in [2.05, 4.69) is 163 Å². The molecule has 0 N–H and O–H groups in total. The molecular weight excluding hydrogens is 635 g/mol. The summed E-state index contributed by atoms with van der Waals surface area (Å²) in [5.74, 6) is 1.59. The van der Waals surface area contributed by atoms with E-state index in [0.717, 1.165) is 84.3 Å². The Kier molecular flexibility index (Phi) is 7.07. The van der Waals surface area contributed by atoms with Crippen molar-refractivity contribution < 1.29 is 4.42 Å². The number of para-hydroxylation sites is 2. The fraction of sp³-hybridized carbons (Fsp3) is 0.0417. The van der Waals surface area contributed by atoms with Gasteiger partial charge in [-0.15, -0.1) is 0 Å². The van der Waals surface area contributed by atoms with E-state index in [0.29, 0.717) is 5.82 Å². The van der Waals surface area contributed by atoms with E-state index in [4.69, 9.17) is 14.4 Å². The maximum Gasteiger partial charge on any atom is 0.162 e. The summed E-state index contributed by atoms with van der Waals surface area (Å²) >= 11 is 0. The predicted molar refractivity (Wildman–Crippen MR) is 215 cm³/mol. The Morgan fingerprint density at radius 1 is 0.481 bits per heavy atom. The number of hydrogen-bond acceptors (Lipinski definition) is 3. The Labute approximate surface area is 301 Å². The van der Waals surface area contributed by atoms with Crippen LogP contribution in [0.4, 0.5) is 0 Å². The highest BCUT2D eigenvalue weighted by molar-refractivity contribution is 6.14. The standard InChI is InChI=1S/C48H33N3O/c1-2-36-46(33-16-7-4-8-17-33)49-47(34-26-24-32(25-27-34)31-14-5-3-6-15-31)50-48(36)51-41-21-11-9-18-38(41)39-29-28-35(30-42(39)51)37-20-13-23-44-45(37)40-19-10-12-22-43(40)52-44/h3-30H,2H2,1H3. The molecule has 10 aromatic rings. The van der Waals surface area contributed by atoms with Gasteiger partial charge in [-0.1, -0.05) is 153 Å². The molecule has 246 valence electrons. The molecule has 10 rings (SSSR count). The molecule has 0 unspecified atom stereocenters. The van der Waals surface area contributed by atoms with Gasteiger partial charge in [0.25, 0.3) is 0 Å². The Morgan fingerprint density at radius 3 is 1.88 bits per heavy atom. The first-order chi connectivity index (χ1) is 25.7. The Morgan fingerprint density at radius 2 is 1.10 bits per heavy atom. The summed E-state index contributed by atoms with van der Waals surface area (Å²) in [6.45, 7) is 2.20. The molecule has 0 fully saturated rings. The first-order valence-corrected chi connectivity index (χ1v) is 17.8. The fourth-order valence-electron chi connectivity index (χ4n) is 7.77. The number of aromatic nitrogens is 3. The third kappa shape index (κ3) is 4.84. The normalized spacial score (nSPS) is 11.6. The molecular formula is C48H33N3O. The summed E-state index contributed by atoms with van der Waals surface area (Å²) in [5, 5.41) is 4.61. The largest absolute Gasteiger partial charge is 0.456 e. The average molecular weight is 668 g/mol. The topological polar surface area (TPSA) is 43.9 Å². The third-order valence-corrected chi connectivity index (χ3v) is 10.2. The molecule has 4 heteroatoms. The van der Waals surface area contributed by atoms with Crippen molar-refractivity contribution in [2.24, 2.45) is 0 Å². The second kappa shape index (κ2) is 12.2. The second-order valence-electron chi connectivity index (χ2n) is 13.2. The maximum atomic E-state index is 6.29. The zero-order valence-electron chi connectivity index (χ0n) is 28.6. The lowest BCUT2D eigenvalue weighted by Crippen LogP contribution is -2.08. The Bertz CT molecular complexity index is 2920. The van der Waals surface area contributed by atoms with Crippen molar-refractivity contribution in [3.8, 4) is 50.7 Å². The molecule has 0 aliphatic carbocycles. The molecule has 0 aliphatic rings. The van der Waals surface area contributed by atoms with Crippen molar-refractivity contribution >= 4 is 43.7 Å². The zero-order chi connectivity index (χ0) is 34.6. The zero-order valence-corrected chi connectivity index (χ0v) is 28.6. The average Bonchev–Trinajstić information content (AvgIpc) is 3.76. The molecule has 7 aromatic carbocycles. The minimum Gasteiger partial charge on any atom is -0.456 e. The van der Waals surface area contributed by atoms with Gasteiger partial charge in [-0.25, -0.2) is 9.97 Å². The lowest BCUT2D eigenvalue weighted by molar-refractivity contribution is 0.669. The van der Waals surface area contributed by atoms with Crippen molar-refractivity contribution in [2.75, 3.05) is 0 Å². The molecule has 0 atom stereocenters. The van der Waals surface area contributed by atoms with Crippen LogP contribution in [0.1, 0.15) is 12.5 Å². The molecule has 3 heterocycles. The number of benzene rings is 7. The van der Waals surface area contributed by atoms with E-state index in [1.165, 1.54) is 16.3 Å². The highest BCUT2D eigenvalue weighted by atomic mass is 16.3. The first kappa shape index (κ1) is 30.1. The molecule has 0 saturated heterocycles. The van der Waals surface area contributed by atoms with Crippen molar-refractivity contribution in [3.63, 3.8) is 0 Å². The van der Waals surface area contributed by atoms with Crippen molar-refractivity contribution in [3.05, 3.63) is 175 Å². The number of fused-ring (bicyclic) bond motifs is 6. The van der Waals surface area contributed by atoms with Crippen LogP contribution in [0.3, 0.4) is 0 Å². The van der Waals surface area contributed by atoms with Gasteiger partial charge < -0.3 is 4.42 Å². The Hall–Kier alpha value is -6.78. The van der Waals surface area contributed by atoms with E-state index in [-0.39, 0.29) is 0 Å². The van der Waals surface area contributed by atoms with Gasteiger partial charge in [-0.2, -0.15) is 0 Å². The monoisotopic (exact) mass is 667 g/mol. The minimum atomic E-state index is 0.697. The van der Waals surface area contributed by atoms with Crippen molar-refractivity contribution in [1.29, 1.82) is 0 Å². The summed E-state index contributed by atoms with van der Waals surface area (Å²) < 4.78 is 8.65. The van der Waals surface area contributed by atoms with Gasteiger partial charge in [0, 0.05) is 38.2 Å². The summed E-state index contributed by atoms with van der Waals surface area (Å²) in [6.07, 6.45) is 0.765. The quantitative estimate of drug-likeness (QED) is 0.177. The van der Waals surface area contributed by atoms with Gasteiger partial charge in [-0.3, -0.25) is 4.57 Å². The molecule has 0 spiro atoms. The van der Waals surface area contributed by atoms with Crippen molar-refractivity contribution in [1.82, 2.24) is 14.5 Å². The lowest BCUT2D eigenvalue weighted by Gasteiger charge is -2.18. The van der Waals surface area contributed by atoms with Crippen LogP contribution in [0.25, 0.3) is 94.5 Å². The van der Waals surface area contributed by atoms with Gasteiger partial charge >= 0.3 is 0 Å². The van der Waals surface area contributed by atoms with Gasteiger partial charge in [0.15, 0.2) is 5.82 Å². The van der Waals surface area contributed by atoms with Gasteiger partial charge in [0.2, 0.25) is 0 Å². The van der Waals surface area contributed by atoms with E-state index in [1.54, 1.807) is 0 Å². The second-order valence-corrected chi connectivity index (χ2v) is 13.2. The number of furan rings is 1. The van der Waals surface area contributed by atoms with E-state index in [9.17, 15) is 0 Å². The molecule has 0 bridgehead atoms. The highest BCUT2D eigenvalue weighted by Crippen LogP contribution is 2.41. The van der Waals surface area contributed by atoms with Crippen LogP contribution in [0.5, 0.6) is 0 Å². The summed E-state index contributed by atoms with van der Waals surface area (Å²) in [4.78, 5) is 10.8. The van der Waals surface area contributed by atoms with E-state index < -0.39 is 0 Å². The van der Waals surface area contributed by atoms with Crippen LogP contribution < -0.4 is 0 Å². The van der Waals surface area contributed by atoms with Crippen LogP contribution in [0.15, 0.2) is 174 Å². The van der Waals surface area contributed by atoms with Gasteiger partial charge in [0.05, 0.1) is 16.7 Å². The molecule has 3 aromatic heterocycles. The number of nitrogens with zero attached hydrogens (tertiary/aromatic N) is 3. The molecule has 0 aliphatic heterocycles. The van der Waals surface area contributed by atoms with E-state index >= 15 is 0 Å². The van der Waals surface area contributed by atoms with Crippen LogP contribution in [-0.2, 0) is 6.42 Å². The van der Waals surface area contributed by atoms with Gasteiger partial charge in [0.1, 0.15) is 17.0 Å². The summed E-state index contributed by atoms with van der Waals surface area (Å²) in [5.41, 5.74) is 12.7. The first-order valence-electron chi connectivity index (χ1n) is 17.8. The lowest BCUT2D eigenvalue weighted by atomic mass is 9.98. The Balaban J connectivity index is 1.24. The molecule has 52 heavy (non-hydrogen) atoms. The smallest absolute Gasteiger partial charge is 0.162 e. The maximum absolute atomic E-state index is 6.29. The predicted octanol–water partition coefficient (Wildman–Crippen LogP) is 12.7. The van der Waals surface area contributed by atoms with Crippen LogP contribution in [0.2, 0.25) is 0 Å².